The Morgan fingerprint density at radius 1 is 1.38 bits per heavy atom. The molecule has 0 unspecified atom stereocenters. The molecule has 0 aliphatic rings. The lowest BCUT2D eigenvalue weighted by Gasteiger charge is -2.07. The van der Waals surface area contributed by atoms with E-state index < -0.39 is 0 Å². The zero-order valence-corrected chi connectivity index (χ0v) is 8.72. The number of ether oxygens (including phenoxy) is 1. The van der Waals surface area contributed by atoms with Gasteiger partial charge in [0.15, 0.2) is 0 Å². The monoisotopic (exact) mass is 185 g/mol. The Bertz CT molecular complexity index is 193. The van der Waals surface area contributed by atoms with Gasteiger partial charge in [-0.25, -0.2) is 4.79 Å². The first-order valence-electron chi connectivity index (χ1n) is 4.75. The molecule has 0 radical (unpaired) electrons. The second kappa shape index (κ2) is 6.52. The van der Waals surface area contributed by atoms with Gasteiger partial charge in [0.25, 0.3) is 0 Å². The fourth-order valence-electron chi connectivity index (χ4n) is 0.980. The predicted octanol–water partition coefficient (Wildman–Crippen LogP) is 1.97. The van der Waals surface area contributed by atoms with E-state index in [0.29, 0.717) is 24.3 Å². The number of hydrogen-bond acceptors (Lipinski definition) is 3. The minimum Gasteiger partial charge on any atom is -0.462 e. The molecular formula is C10H19NO2. The summed E-state index contributed by atoms with van der Waals surface area (Å²) in [6.45, 7) is 6.16. The summed E-state index contributed by atoms with van der Waals surface area (Å²) >= 11 is 0. The lowest BCUT2D eigenvalue weighted by Crippen LogP contribution is -2.12. The summed E-state index contributed by atoms with van der Waals surface area (Å²) in [6.07, 6.45) is 2.57. The van der Waals surface area contributed by atoms with Crippen LogP contribution in [0.5, 0.6) is 0 Å². The van der Waals surface area contributed by atoms with Crippen LogP contribution in [0.3, 0.4) is 0 Å². The molecule has 0 aliphatic heterocycles. The summed E-state index contributed by atoms with van der Waals surface area (Å²) < 4.78 is 5.02. The smallest absolute Gasteiger partial charge is 0.335 e. The van der Waals surface area contributed by atoms with Gasteiger partial charge < -0.3 is 10.5 Å². The van der Waals surface area contributed by atoms with E-state index >= 15 is 0 Å². The van der Waals surface area contributed by atoms with Gasteiger partial charge in [-0.05, 0) is 19.8 Å². The second-order valence-corrected chi connectivity index (χ2v) is 3.00. The highest BCUT2D eigenvalue weighted by Crippen LogP contribution is 2.06. The molecule has 3 nitrogen and oxygen atoms in total. The van der Waals surface area contributed by atoms with E-state index in [2.05, 4.69) is 6.92 Å². The van der Waals surface area contributed by atoms with Crippen LogP contribution in [0.15, 0.2) is 11.3 Å². The normalized spacial score (nSPS) is 12.2. The van der Waals surface area contributed by atoms with Crippen LogP contribution in [0.2, 0.25) is 0 Å². The van der Waals surface area contributed by atoms with E-state index in [1.165, 1.54) is 0 Å². The van der Waals surface area contributed by atoms with Crippen LogP contribution in [0.4, 0.5) is 0 Å². The van der Waals surface area contributed by atoms with Gasteiger partial charge >= 0.3 is 5.97 Å². The van der Waals surface area contributed by atoms with Crippen molar-refractivity contribution in [2.75, 3.05) is 6.61 Å². The van der Waals surface area contributed by atoms with Crippen molar-refractivity contribution in [3.8, 4) is 0 Å². The third-order valence-corrected chi connectivity index (χ3v) is 1.81. The van der Waals surface area contributed by atoms with E-state index in [9.17, 15) is 4.79 Å². The quantitative estimate of drug-likeness (QED) is 0.405. The number of carbonyl (C=O) groups excluding carboxylic acids is 1. The van der Waals surface area contributed by atoms with Gasteiger partial charge in [0.1, 0.15) is 0 Å². The lowest BCUT2D eigenvalue weighted by molar-refractivity contribution is -0.139. The molecule has 0 aliphatic carbocycles. The van der Waals surface area contributed by atoms with E-state index in [4.69, 9.17) is 10.5 Å². The topological polar surface area (TPSA) is 52.3 Å². The molecule has 0 bridgehead atoms. The fourth-order valence-corrected chi connectivity index (χ4v) is 0.980. The maximum absolute atomic E-state index is 11.3. The largest absolute Gasteiger partial charge is 0.462 e. The minimum absolute atomic E-state index is 0.268. The van der Waals surface area contributed by atoms with Crippen molar-refractivity contribution in [2.24, 2.45) is 5.73 Å². The standard InChI is InChI=1S/C10H19NO2/c1-4-6-7-13-10(12)9(5-2)8(3)11/h4-7,11H2,1-3H3/b9-8-. The molecule has 0 fully saturated rings. The van der Waals surface area contributed by atoms with Crippen LogP contribution in [-0.4, -0.2) is 12.6 Å². The molecule has 0 aromatic rings. The zero-order chi connectivity index (χ0) is 10.3. The van der Waals surface area contributed by atoms with Gasteiger partial charge in [-0.2, -0.15) is 0 Å². The molecule has 0 spiro atoms. The maximum Gasteiger partial charge on any atom is 0.335 e. The number of hydrogen-bond donors (Lipinski definition) is 1. The Balaban J connectivity index is 4.02. The van der Waals surface area contributed by atoms with Crippen LogP contribution in [0.25, 0.3) is 0 Å². The average molecular weight is 185 g/mol. The third kappa shape index (κ3) is 4.55. The van der Waals surface area contributed by atoms with Gasteiger partial charge in [-0.3, -0.25) is 0 Å². The van der Waals surface area contributed by atoms with Crippen molar-refractivity contribution in [3.63, 3.8) is 0 Å². The molecule has 2 N–H and O–H groups in total. The van der Waals surface area contributed by atoms with Crippen LogP contribution in [0.1, 0.15) is 40.0 Å². The summed E-state index contributed by atoms with van der Waals surface area (Å²) in [6, 6.07) is 0. The molecule has 0 heterocycles. The van der Waals surface area contributed by atoms with E-state index in [1.807, 2.05) is 6.92 Å². The van der Waals surface area contributed by atoms with Gasteiger partial charge in [0, 0.05) is 5.70 Å². The highest BCUT2D eigenvalue weighted by molar-refractivity contribution is 5.88. The Morgan fingerprint density at radius 3 is 2.38 bits per heavy atom. The van der Waals surface area contributed by atoms with Gasteiger partial charge in [0.05, 0.1) is 12.2 Å². The summed E-state index contributed by atoms with van der Waals surface area (Å²) in [5.74, 6) is -0.268. The van der Waals surface area contributed by atoms with Gasteiger partial charge in [-0.1, -0.05) is 20.3 Å². The van der Waals surface area contributed by atoms with Crippen molar-refractivity contribution in [2.45, 2.75) is 40.0 Å². The Kier molecular flexibility index (Phi) is 6.02. The van der Waals surface area contributed by atoms with Crippen molar-refractivity contribution >= 4 is 5.97 Å². The molecular weight excluding hydrogens is 166 g/mol. The number of esters is 1. The molecule has 13 heavy (non-hydrogen) atoms. The lowest BCUT2D eigenvalue weighted by atomic mass is 10.2. The summed E-state index contributed by atoms with van der Waals surface area (Å²) in [4.78, 5) is 11.3. The summed E-state index contributed by atoms with van der Waals surface area (Å²) in [7, 11) is 0. The van der Waals surface area contributed by atoms with Crippen LogP contribution in [-0.2, 0) is 9.53 Å². The Hall–Kier alpha value is -0.990. The Morgan fingerprint density at radius 2 is 2.00 bits per heavy atom. The first kappa shape index (κ1) is 12.0. The minimum atomic E-state index is -0.268. The number of rotatable bonds is 5. The van der Waals surface area contributed by atoms with Crippen molar-refractivity contribution in [3.05, 3.63) is 11.3 Å². The predicted molar refractivity (Wildman–Crippen MR) is 53.0 cm³/mol. The molecule has 0 rings (SSSR count). The molecule has 0 saturated carbocycles. The number of nitrogens with two attached hydrogens (primary N) is 1. The van der Waals surface area contributed by atoms with Gasteiger partial charge in [-0.15, -0.1) is 0 Å². The molecule has 0 amide bonds. The van der Waals surface area contributed by atoms with E-state index in [1.54, 1.807) is 6.92 Å². The van der Waals surface area contributed by atoms with Gasteiger partial charge in [0.2, 0.25) is 0 Å². The maximum atomic E-state index is 11.3. The van der Waals surface area contributed by atoms with E-state index in [-0.39, 0.29) is 5.97 Å². The molecule has 0 aromatic heterocycles. The summed E-state index contributed by atoms with van der Waals surface area (Å²) in [5, 5.41) is 0. The van der Waals surface area contributed by atoms with E-state index in [0.717, 1.165) is 12.8 Å². The SMILES string of the molecule is CCCCOC(=O)/C(CC)=C(/C)N. The first-order chi connectivity index (χ1) is 6.13. The van der Waals surface area contributed by atoms with Crippen LogP contribution >= 0.6 is 0 Å². The highest BCUT2D eigenvalue weighted by Gasteiger charge is 2.10. The van der Waals surface area contributed by atoms with Crippen LogP contribution in [0, 0.1) is 0 Å². The van der Waals surface area contributed by atoms with Crippen molar-refractivity contribution < 1.29 is 9.53 Å². The highest BCUT2D eigenvalue weighted by atomic mass is 16.5. The number of carbonyl (C=O) groups is 1. The van der Waals surface area contributed by atoms with Crippen molar-refractivity contribution in [1.29, 1.82) is 0 Å². The molecule has 0 atom stereocenters. The number of unbranched alkanes of at least 4 members (excludes halogenated alkanes) is 1. The second-order valence-electron chi connectivity index (χ2n) is 3.00. The molecule has 76 valence electrons. The first-order valence-corrected chi connectivity index (χ1v) is 4.75. The average Bonchev–Trinajstić information content (AvgIpc) is 2.05. The van der Waals surface area contributed by atoms with Crippen molar-refractivity contribution in [1.82, 2.24) is 0 Å². The Labute approximate surface area is 79.9 Å². The molecule has 3 heteroatoms. The number of allylic oxidation sites excluding steroid dienone is 1. The summed E-state index contributed by atoms with van der Waals surface area (Å²) in [5.41, 5.74) is 6.68. The van der Waals surface area contributed by atoms with Crippen LogP contribution < -0.4 is 5.73 Å². The molecule has 0 aromatic carbocycles. The third-order valence-electron chi connectivity index (χ3n) is 1.81. The molecule has 0 saturated heterocycles. The fraction of sp³-hybridized carbons (Fsp3) is 0.700. The zero-order valence-electron chi connectivity index (χ0n) is 8.72.